The molecule has 0 atom stereocenters. The molecule has 9 heteroatoms. The number of aromatic amines is 1. The minimum absolute atomic E-state index is 0.380. The summed E-state index contributed by atoms with van der Waals surface area (Å²) in [7, 11) is 0. The molecule has 0 spiro atoms. The third-order valence-electron chi connectivity index (χ3n) is 5.28. The van der Waals surface area contributed by atoms with E-state index < -0.39 is 5.69 Å². The number of nitrogens with one attached hydrogen (secondary N) is 1. The van der Waals surface area contributed by atoms with Crippen molar-refractivity contribution < 1.29 is 0 Å². The molecule has 0 radical (unpaired) electrons. The summed E-state index contributed by atoms with van der Waals surface area (Å²) in [6.45, 7) is 8.12. The molecule has 0 unspecified atom stereocenters. The van der Waals surface area contributed by atoms with Gasteiger partial charge in [0.25, 0.3) is 5.56 Å². The normalized spacial score (nSPS) is 11.7. The molecule has 0 fully saturated rings. The van der Waals surface area contributed by atoms with Gasteiger partial charge in [0.05, 0.1) is 16.8 Å². The summed E-state index contributed by atoms with van der Waals surface area (Å²) in [5.74, 6) is 1.33. The summed E-state index contributed by atoms with van der Waals surface area (Å²) in [6, 6.07) is 8.09. The van der Waals surface area contributed by atoms with Crippen LogP contribution in [0.4, 0.5) is 0 Å². The van der Waals surface area contributed by atoms with Gasteiger partial charge in [-0.05, 0) is 32.4 Å². The van der Waals surface area contributed by atoms with Gasteiger partial charge in [0.1, 0.15) is 5.82 Å². The van der Waals surface area contributed by atoms with Crippen molar-refractivity contribution in [1.29, 1.82) is 0 Å². The molecule has 0 bridgehead atoms. The summed E-state index contributed by atoms with van der Waals surface area (Å²) >= 11 is 1.60. The Morgan fingerprint density at radius 3 is 2.50 bits per heavy atom. The number of fused-ring (bicyclic) bond motifs is 2. The molecule has 8 nitrogen and oxygen atoms in total. The van der Waals surface area contributed by atoms with E-state index in [1.807, 2.05) is 29.7 Å². The van der Waals surface area contributed by atoms with Crippen LogP contribution in [0.1, 0.15) is 39.4 Å². The molecule has 0 saturated carbocycles. The van der Waals surface area contributed by atoms with E-state index in [1.165, 1.54) is 0 Å². The Hall–Kier alpha value is -2.81. The van der Waals surface area contributed by atoms with Crippen LogP contribution < -0.4 is 11.2 Å². The first-order chi connectivity index (χ1) is 14.6. The molecular weight excluding hydrogens is 400 g/mol. The van der Waals surface area contributed by atoms with Gasteiger partial charge >= 0.3 is 5.69 Å². The Morgan fingerprint density at radius 2 is 1.77 bits per heavy atom. The summed E-state index contributed by atoms with van der Waals surface area (Å²) in [5.41, 5.74) is 2.24. The number of imidazole rings is 2. The van der Waals surface area contributed by atoms with Gasteiger partial charge in [0, 0.05) is 19.6 Å². The summed E-state index contributed by atoms with van der Waals surface area (Å²) < 4.78 is 5.67. The predicted molar refractivity (Wildman–Crippen MR) is 120 cm³/mol. The SMILES string of the molecule is CCCCn1c(=O)[nH]c(=O)c2c1nc(CSc1nc3ccccc3n1CC)n2CC. The molecule has 1 N–H and O–H groups in total. The number of para-hydroxylation sites is 2. The smallest absolute Gasteiger partial charge is 0.322 e. The highest BCUT2D eigenvalue weighted by atomic mass is 32.2. The molecule has 0 amide bonds. The second-order valence-electron chi connectivity index (χ2n) is 7.12. The number of hydrogen-bond donors (Lipinski definition) is 1. The molecule has 1 aromatic carbocycles. The van der Waals surface area contributed by atoms with E-state index in [0.29, 0.717) is 30.0 Å². The molecule has 4 aromatic rings. The molecule has 3 heterocycles. The standard InChI is InChI=1S/C21H26N6O2S/c1-4-7-12-27-18-17(19(28)24-20(27)29)26(6-3)16(23-18)13-30-21-22-14-10-8-9-11-15(14)25(21)5-2/h8-11H,4-7,12-13H2,1-3H3,(H,24,28,29). The lowest BCUT2D eigenvalue weighted by atomic mass is 10.3. The third-order valence-corrected chi connectivity index (χ3v) is 6.25. The number of thioether (sulfide) groups is 1. The predicted octanol–water partition coefficient (Wildman–Crippen LogP) is 3.37. The fourth-order valence-electron chi connectivity index (χ4n) is 3.79. The van der Waals surface area contributed by atoms with Crippen molar-refractivity contribution in [3.63, 3.8) is 0 Å². The number of rotatable bonds is 8. The number of H-pyrrole nitrogens is 1. The fourth-order valence-corrected chi connectivity index (χ4v) is 4.82. The third kappa shape index (κ3) is 3.47. The zero-order chi connectivity index (χ0) is 21.3. The first kappa shape index (κ1) is 20.5. The van der Waals surface area contributed by atoms with E-state index in [9.17, 15) is 9.59 Å². The number of aryl methyl sites for hydroxylation is 3. The second kappa shape index (κ2) is 8.51. The van der Waals surface area contributed by atoms with Gasteiger partial charge in [-0.15, -0.1) is 0 Å². The zero-order valence-electron chi connectivity index (χ0n) is 17.5. The van der Waals surface area contributed by atoms with Gasteiger partial charge < -0.3 is 9.13 Å². The van der Waals surface area contributed by atoms with Crippen molar-refractivity contribution in [2.24, 2.45) is 0 Å². The van der Waals surface area contributed by atoms with Crippen LogP contribution in [-0.2, 0) is 25.4 Å². The van der Waals surface area contributed by atoms with Crippen molar-refractivity contribution in [1.82, 2.24) is 28.7 Å². The Morgan fingerprint density at radius 1 is 1.00 bits per heavy atom. The van der Waals surface area contributed by atoms with Gasteiger partial charge in [-0.3, -0.25) is 14.3 Å². The lowest BCUT2D eigenvalue weighted by Gasteiger charge is -2.07. The Bertz CT molecular complexity index is 1310. The number of nitrogens with zero attached hydrogens (tertiary/aromatic N) is 5. The average molecular weight is 427 g/mol. The molecule has 30 heavy (non-hydrogen) atoms. The maximum absolute atomic E-state index is 12.6. The zero-order valence-corrected chi connectivity index (χ0v) is 18.3. The molecule has 0 aliphatic carbocycles. The highest BCUT2D eigenvalue weighted by Gasteiger charge is 2.19. The first-order valence-electron chi connectivity index (χ1n) is 10.4. The van der Waals surface area contributed by atoms with Crippen LogP contribution in [0.5, 0.6) is 0 Å². The van der Waals surface area contributed by atoms with Crippen LogP contribution in [0.25, 0.3) is 22.2 Å². The Kier molecular flexibility index (Phi) is 5.80. The van der Waals surface area contributed by atoms with E-state index in [0.717, 1.165) is 41.4 Å². The van der Waals surface area contributed by atoms with E-state index in [2.05, 4.69) is 29.5 Å². The van der Waals surface area contributed by atoms with Crippen molar-refractivity contribution in [2.75, 3.05) is 0 Å². The molecule has 3 aromatic heterocycles. The van der Waals surface area contributed by atoms with Crippen LogP contribution in [0.3, 0.4) is 0 Å². The lowest BCUT2D eigenvalue weighted by Crippen LogP contribution is -2.31. The van der Waals surface area contributed by atoms with Crippen LogP contribution in [0.2, 0.25) is 0 Å². The average Bonchev–Trinajstić information content (AvgIpc) is 3.29. The number of unbranched alkanes of at least 4 members (excludes halogenated alkanes) is 1. The van der Waals surface area contributed by atoms with Crippen molar-refractivity contribution in [2.45, 2.75) is 64.2 Å². The number of aromatic nitrogens is 6. The van der Waals surface area contributed by atoms with Crippen LogP contribution >= 0.6 is 11.8 Å². The maximum atomic E-state index is 12.6. The Balaban J connectivity index is 1.75. The molecule has 0 saturated heterocycles. The minimum atomic E-state index is -0.395. The molecule has 158 valence electrons. The van der Waals surface area contributed by atoms with Crippen LogP contribution in [0, 0.1) is 0 Å². The molecular formula is C21H26N6O2S. The number of hydrogen-bond acceptors (Lipinski definition) is 5. The largest absolute Gasteiger partial charge is 0.330 e. The van der Waals surface area contributed by atoms with Crippen molar-refractivity contribution in [3.05, 3.63) is 50.9 Å². The van der Waals surface area contributed by atoms with E-state index in [-0.39, 0.29) is 5.56 Å². The Labute approximate surface area is 178 Å². The molecule has 0 aliphatic rings. The molecule has 4 rings (SSSR count). The topological polar surface area (TPSA) is 90.5 Å². The number of benzene rings is 1. The summed E-state index contributed by atoms with van der Waals surface area (Å²) in [4.78, 5) is 36.9. The lowest BCUT2D eigenvalue weighted by molar-refractivity contribution is 0.613. The summed E-state index contributed by atoms with van der Waals surface area (Å²) in [6.07, 6.45) is 1.81. The van der Waals surface area contributed by atoms with Gasteiger partial charge in [0.2, 0.25) is 0 Å². The van der Waals surface area contributed by atoms with Crippen LogP contribution in [-0.4, -0.2) is 28.7 Å². The molecule has 0 aliphatic heterocycles. The van der Waals surface area contributed by atoms with E-state index in [1.54, 1.807) is 16.3 Å². The quantitative estimate of drug-likeness (QED) is 0.436. The monoisotopic (exact) mass is 426 g/mol. The van der Waals surface area contributed by atoms with Gasteiger partial charge in [-0.2, -0.15) is 0 Å². The minimum Gasteiger partial charge on any atom is -0.322 e. The summed E-state index contributed by atoms with van der Waals surface area (Å²) in [5, 5.41) is 0.922. The highest BCUT2D eigenvalue weighted by molar-refractivity contribution is 7.98. The van der Waals surface area contributed by atoms with Gasteiger partial charge in [-0.25, -0.2) is 14.8 Å². The van der Waals surface area contributed by atoms with Gasteiger partial charge in [0.15, 0.2) is 16.3 Å². The fraction of sp³-hybridized carbons (Fsp3) is 0.429. The highest BCUT2D eigenvalue weighted by Crippen LogP contribution is 2.27. The van der Waals surface area contributed by atoms with Crippen LogP contribution in [0.15, 0.2) is 39.0 Å². The second-order valence-corrected chi connectivity index (χ2v) is 8.07. The van der Waals surface area contributed by atoms with E-state index >= 15 is 0 Å². The van der Waals surface area contributed by atoms with Crippen molar-refractivity contribution in [3.8, 4) is 0 Å². The first-order valence-corrected chi connectivity index (χ1v) is 11.4. The van der Waals surface area contributed by atoms with Crippen molar-refractivity contribution >= 4 is 34.0 Å². The van der Waals surface area contributed by atoms with Gasteiger partial charge in [-0.1, -0.05) is 37.2 Å². The maximum Gasteiger partial charge on any atom is 0.330 e. The van der Waals surface area contributed by atoms with E-state index in [4.69, 9.17) is 9.97 Å².